The van der Waals surface area contributed by atoms with Crippen LogP contribution in [0.5, 0.6) is 0 Å². The van der Waals surface area contributed by atoms with Crippen molar-refractivity contribution in [1.29, 1.82) is 0 Å². The topological polar surface area (TPSA) is 78.9 Å². The Kier molecular flexibility index (Phi) is 49.9. The highest BCUT2D eigenvalue weighted by Crippen LogP contribution is 2.15. The molecule has 0 saturated heterocycles. The van der Waals surface area contributed by atoms with Crippen molar-refractivity contribution in [1.82, 2.24) is 0 Å². The molecule has 0 spiro atoms. The van der Waals surface area contributed by atoms with E-state index in [9.17, 15) is 14.4 Å². The van der Waals surface area contributed by atoms with Crippen molar-refractivity contribution in [3.8, 4) is 0 Å². The van der Waals surface area contributed by atoms with E-state index in [1.165, 1.54) is 116 Å². The summed E-state index contributed by atoms with van der Waals surface area (Å²) in [6.45, 7) is 6.48. The number of esters is 3. The van der Waals surface area contributed by atoms with E-state index in [1.54, 1.807) is 0 Å². The van der Waals surface area contributed by atoms with Crippen molar-refractivity contribution in [3.63, 3.8) is 0 Å². The fourth-order valence-corrected chi connectivity index (χ4v) is 7.46. The highest BCUT2D eigenvalue weighted by Gasteiger charge is 2.19. The lowest BCUT2D eigenvalue weighted by atomic mass is 10.1. The molecule has 1 unspecified atom stereocenters. The van der Waals surface area contributed by atoms with Crippen molar-refractivity contribution in [2.75, 3.05) is 13.2 Å². The van der Waals surface area contributed by atoms with Crippen molar-refractivity contribution < 1.29 is 28.6 Å². The molecule has 0 fully saturated rings. The minimum absolute atomic E-state index is 0.0842. The van der Waals surface area contributed by atoms with E-state index in [-0.39, 0.29) is 31.1 Å². The second-order valence-electron chi connectivity index (χ2n) is 17.8. The molecule has 0 rings (SSSR count). The minimum Gasteiger partial charge on any atom is -0.462 e. The summed E-state index contributed by atoms with van der Waals surface area (Å²) in [7, 11) is 0. The van der Waals surface area contributed by atoms with Crippen LogP contribution in [0.3, 0.4) is 0 Å². The maximum Gasteiger partial charge on any atom is 0.306 e. The zero-order valence-electron chi connectivity index (χ0n) is 42.0. The molecule has 368 valence electrons. The number of carbonyl (C=O) groups is 3. The molecule has 0 heterocycles. The lowest BCUT2D eigenvalue weighted by molar-refractivity contribution is -0.167. The molecule has 0 aliphatic heterocycles. The number of rotatable bonds is 48. The Hall–Kier alpha value is -3.15. The highest BCUT2D eigenvalue weighted by atomic mass is 16.6. The van der Waals surface area contributed by atoms with Gasteiger partial charge in [0.15, 0.2) is 6.10 Å². The Balaban J connectivity index is 4.35. The second kappa shape index (κ2) is 52.5. The van der Waals surface area contributed by atoms with Crippen molar-refractivity contribution in [2.45, 2.75) is 264 Å². The molecular weight excluding hydrogens is 793 g/mol. The normalized spacial score (nSPS) is 12.6. The van der Waals surface area contributed by atoms with Gasteiger partial charge in [-0.25, -0.2) is 0 Å². The molecule has 1 atom stereocenters. The minimum atomic E-state index is -0.786. The highest BCUT2D eigenvalue weighted by molar-refractivity contribution is 5.71. The average molecular weight is 893 g/mol. The fraction of sp³-hybridized carbons (Fsp3) is 0.741. The molecule has 0 aliphatic rings. The van der Waals surface area contributed by atoms with E-state index in [0.29, 0.717) is 19.3 Å². The van der Waals surface area contributed by atoms with Crippen LogP contribution in [0.25, 0.3) is 0 Å². The number of ether oxygens (including phenoxy) is 3. The molecular formula is C58H100O6. The number of hydrogen-bond acceptors (Lipinski definition) is 6. The molecule has 0 saturated carbocycles. The summed E-state index contributed by atoms with van der Waals surface area (Å²) in [6, 6.07) is 0. The number of allylic oxidation sites excluding steroid dienone is 12. The van der Waals surface area contributed by atoms with E-state index in [0.717, 1.165) is 103 Å². The molecule has 0 amide bonds. The monoisotopic (exact) mass is 893 g/mol. The molecule has 0 aromatic rings. The largest absolute Gasteiger partial charge is 0.462 e. The Morgan fingerprint density at radius 1 is 0.344 bits per heavy atom. The maximum absolute atomic E-state index is 12.8. The van der Waals surface area contributed by atoms with Crippen LogP contribution in [-0.2, 0) is 28.6 Å². The van der Waals surface area contributed by atoms with E-state index >= 15 is 0 Å². The number of unbranched alkanes of at least 4 members (excludes halogenated alkanes) is 27. The molecule has 6 heteroatoms. The SMILES string of the molecule is CC/C=C\C/C=C\C/C=C\CCCCCCCCCCCC(=O)OCC(COC(=O)CCCCCCCCCCC)OC(=O)CCCCCCC\C=C/C=C\C=C/CCCCCCC. The quantitative estimate of drug-likeness (QED) is 0.0199. The van der Waals surface area contributed by atoms with E-state index in [4.69, 9.17) is 14.2 Å². The third-order valence-corrected chi connectivity index (χ3v) is 11.5. The average Bonchev–Trinajstić information content (AvgIpc) is 3.29. The third kappa shape index (κ3) is 49.9. The lowest BCUT2D eigenvalue weighted by Crippen LogP contribution is -2.30. The van der Waals surface area contributed by atoms with Crippen molar-refractivity contribution in [3.05, 3.63) is 72.9 Å². The smallest absolute Gasteiger partial charge is 0.306 e. The van der Waals surface area contributed by atoms with Gasteiger partial charge in [0.1, 0.15) is 13.2 Å². The molecule has 0 bridgehead atoms. The molecule has 0 aromatic heterocycles. The van der Waals surface area contributed by atoms with Gasteiger partial charge in [-0.1, -0.05) is 235 Å². The second-order valence-corrected chi connectivity index (χ2v) is 17.8. The van der Waals surface area contributed by atoms with Gasteiger partial charge in [-0.2, -0.15) is 0 Å². The molecule has 0 radical (unpaired) electrons. The summed E-state index contributed by atoms with van der Waals surface area (Å²) in [6.07, 6.45) is 66.0. The Morgan fingerprint density at radius 2 is 0.672 bits per heavy atom. The Morgan fingerprint density at radius 3 is 1.08 bits per heavy atom. The van der Waals surface area contributed by atoms with E-state index in [1.807, 2.05) is 0 Å². The third-order valence-electron chi connectivity index (χ3n) is 11.5. The van der Waals surface area contributed by atoms with Crippen LogP contribution in [0, 0.1) is 0 Å². The molecule has 0 aromatic carbocycles. The summed E-state index contributed by atoms with van der Waals surface area (Å²) in [5.41, 5.74) is 0. The van der Waals surface area contributed by atoms with Crippen molar-refractivity contribution >= 4 is 17.9 Å². The van der Waals surface area contributed by atoms with Crippen LogP contribution in [0.1, 0.15) is 258 Å². The first-order chi connectivity index (χ1) is 31.5. The van der Waals surface area contributed by atoms with Gasteiger partial charge in [-0.05, 0) is 77.0 Å². The molecule has 0 N–H and O–H groups in total. The van der Waals surface area contributed by atoms with Crippen LogP contribution in [-0.4, -0.2) is 37.2 Å². The summed E-state index contributed by atoms with van der Waals surface area (Å²) < 4.78 is 16.8. The van der Waals surface area contributed by atoms with Crippen molar-refractivity contribution in [2.24, 2.45) is 0 Å². The predicted molar refractivity (Wildman–Crippen MR) is 274 cm³/mol. The number of hydrogen-bond donors (Lipinski definition) is 0. The van der Waals surface area contributed by atoms with Gasteiger partial charge in [-0.3, -0.25) is 14.4 Å². The maximum atomic E-state index is 12.8. The standard InChI is InChI=1S/C58H100O6/c1-4-7-10-13-16-19-21-23-25-27-29-31-32-34-36-39-42-45-48-51-57(60)63-54-55(53-62-56(59)50-47-44-41-38-18-15-12-9-6-3)64-58(61)52-49-46-43-40-37-35-33-30-28-26-24-22-20-17-14-11-8-5-2/h7,10,16,19,22-26,28,30,33,55H,4-6,8-9,11-15,17-18,20-21,27,29,31-32,34-54H2,1-3H3/b10-7-,19-16-,24-22-,25-23-,28-26-,33-30-. The summed E-state index contributed by atoms with van der Waals surface area (Å²) in [5, 5.41) is 0. The summed E-state index contributed by atoms with van der Waals surface area (Å²) in [4.78, 5) is 38.0. The first kappa shape index (κ1) is 60.9. The van der Waals surface area contributed by atoms with Crippen LogP contribution in [0.4, 0.5) is 0 Å². The van der Waals surface area contributed by atoms with Crippen LogP contribution in [0.2, 0.25) is 0 Å². The van der Waals surface area contributed by atoms with Gasteiger partial charge in [0, 0.05) is 19.3 Å². The van der Waals surface area contributed by atoms with Gasteiger partial charge in [0.2, 0.25) is 0 Å². The van der Waals surface area contributed by atoms with Gasteiger partial charge >= 0.3 is 17.9 Å². The van der Waals surface area contributed by atoms with Gasteiger partial charge < -0.3 is 14.2 Å². The summed E-state index contributed by atoms with van der Waals surface area (Å²) in [5.74, 6) is -0.908. The zero-order valence-corrected chi connectivity index (χ0v) is 42.0. The van der Waals surface area contributed by atoms with E-state index in [2.05, 4.69) is 93.7 Å². The first-order valence-electron chi connectivity index (χ1n) is 27.0. The molecule has 0 aliphatic carbocycles. The summed E-state index contributed by atoms with van der Waals surface area (Å²) >= 11 is 0. The first-order valence-corrected chi connectivity index (χ1v) is 27.0. The Labute approximate surface area is 395 Å². The predicted octanol–water partition coefficient (Wildman–Crippen LogP) is 17.8. The number of carbonyl (C=O) groups excluding carboxylic acids is 3. The Bertz CT molecular complexity index is 1210. The zero-order chi connectivity index (χ0) is 46.5. The van der Waals surface area contributed by atoms with Crippen LogP contribution >= 0.6 is 0 Å². The van der Waals surface area contributed by atoms with Gasteiger partial charge in [0.05, 0.1) is 0 Å². The van der Waals surface area contributed by atoms with Crippen LogP contribution in [0.15, 0.2) is 72.9 Å². The fourth-order valence-electron chi connectivity index (χ4n) is 7.46. The van der Waals surface area contributed by atoms with Gasteiger partial charge in [0.25, 0.3) is 0 Å². The van der Waals surface area contributed by atoms with Crippen LogP contribution < -0.4 is 0 Å². The molecule has 6 nitrogen and oxygen atoms in total. The van der Waals surface area contributed by atoms with E-state index < -0.39 is 6.10 Å². The van der Waals surface area contributed by atoms with Gasteiger partial charge in [-0.15, -0.1) is 0 Å². The lowest BCUT2D eigenvalue weighted by Gasteiger charge is -2.18. The molecule has 64 heavy (non-hydrogen) atoms.